The number of phenols is 1. The maximum Gasteiger partial charge on any atom is 0.297 e. The van der Waals surface area contributed by atoms with E-state index < -0.39 is 22.7 Å². The Labute approximate surface area is 169 Å². The number of benzene rings is 1. The topological polar surface area (TPSA) is 99.8 Å². The second kappa shape index (κ2) is 9.59. The third-order valence-electron chi connectivity index (χ3n) is 4.50. The predicted molar refractivity (Wildman–Crippen MR) is 112 cm³/mol. The molecule has 152 valence electrons. The van der Waals surface area contributed by atoms with Crippen molar-refractivity contribution in [2.45, 2.75) is 27.2 Å². The van der Waals surface area contributed by atoms with Gasteiger partial charge in [-0.05, 0) is 36.6 Å². The molecular weight excluding hydrogens is 370 g/mol. The van der Waals surface area contributed by atoms with Crippen LogP contribution in [0.1, 0.15) is 37.6 Å². The normalized spacial score (nSPS) is 13.3. The largest absolute Gasteiger partial charge is 0.508 e. The van der Waals surface area contributed by atoms with E-state index in [-0.39, 0.29) is 16.0 Å². The molecule has 2 aromatic rings. The summed E-state index contributed by atoms with van der Waals surface area (Å²) in [5, 5.41) is 29.8. The van der Waals surface area contributed by atoms with Gasteiger partial charge in [0, 0.05) is 5.56 Å². The summed E-state index contributed by atoms with van der Waals surface area (Å²) in [6.07, 6.45) is 10.3. The Morgan fingerprint density at radius 3 is 2.38 bits per heavy atom. The molecule has 0 unspecified atom stereocenters. The van der Waals surface area contributed by atoms with Crippen molar-refractivity contribution in [3.05, 3.63) is 82.3 Å². The predicted octanol–water partition coefficient (Wildman–Crippen LogP) is 4.45. The average molecular weight is 395 g/mol. The Kier molecular flexibility index (Phi) is 7.20. The van der Waals surface area contributed by atoms with Crippen LogP contribution in [0.2, 0.25) is 0 Å². The van der Waals surface area contributed by atoms with Crippen molar-refractivity contribution in [3.8, 4) is 22.6 Å². The zero-order valence-corrected chi connectivity index (χ0v) is 16.7. The van der Waals surface area contributed by atoms with Gasteiger partial charge in [-0.15, -0.1) is 0 Å². The molecule has 29 heavy (non-hydrogen) atoms. The van der Waals surface area contributed by atoms with Gasteiger partial charge >= 0.3 is 0 Å². The average Bonchev–Trinajstić information content (AvgIpc) is 2.69. The first-order valence-corrected chi connectivity index (χ1v) is 9.29. The molecule has 2 rings (SSSR count). The van der Waals surface area contributed by atoms with Gasteiger partial charge < -0.3 is 15.4 Å². The van der Waals surface area contributed by atoms with Gasteiger partial charge in [0.1, 0.15) is 17.1 Å². The van der Waals surface area contributed by atoms with Crippen molar-refractivity contribution in [1.29, 1.82) is 0 Å². The number of phenolic OH excluding ortho intramolecular Hbond substituents is 1. The van der Waals surface area contributed by atoms with Crippen molar-refractivity contribution in [3.63, 3.8) is 0 Å². The number of ketones is 1. The van der Waals surface area contributed by atoms with E-state index in [1.807, 2.05) is 13.0 Å². The molecule has 6 heteroatoms. The number of aromatic hydroxyl groups is 2. The Bertz CT molecular complexity index is 1030. The SMILES string of the molecule is CC[C@@H](C)C=C(C)C=CC=CC(=O)c1c(O)c(-c2ccc(O)cc2)cn(O)c1=O. The first-order chi connectivity index (χ1) is 13.7. The number of pyridine rings is 1. The number of hydrogen-bond donors (Lipinski definition) is 3. The van der Waals surface area contributed by atoms with E-state index in [4.69, 9.17) is 0 Å². The molecule has 0 saturated carbocycles. The van der Waals surface area contributed by atoms with Gasteiger partial charge in [0.15, 0.2) is 5.78 Å². The molecule has 0 bridgehead atoms. The molecule has 0 aliphatic carbocycles. The Hall–Kier alpha value is -3.54. The Morgan fingerprint density at radius 1 is 1.14 bits per heavy atom. The van der Waals surface area contributed by atoms with Crippen LogP contribution >= 0.6 is 0 Å². The third-order valence-corrected chi connectivity index (χ3v) is 4.50. The van der Waals surface area contributed by atoms with E-state index in [9.17, 15) is 25.0 Å². The minimum atomic E-state index is -1.02. The number of allylic oxidation sites excluding steroid dienone is 6. The Balaban J connectivity index is 2.34. The monoisotopic (exact) mass is 395 g/mol. The standard InChI is InChI=1S/C23H25NO5/c1-4-15(2)13-16(3)7-5-6-8-20(26)21-22(27)19(14-24(29)23(21)28)17-9-11-18(25)12-10-17/h5-15,25,27,29H,4H2,1-3H3/t15-/m1/s1. The Morgan fingerprint density at radius 2 is 1.76 bits per heavy atom. The maximum absolute atomic E-state index is 12.5. The zero-order valence-electron chi connectivity index (χ0n) is 16.7. The summed E-state index contributed by atoms with van der Waals surface area (Å²) in [5.74, 6) is -0.788. The lowest BCUT2D eigenvalue weighted by molar-refractivity contribution is 0.103. The van der Waals surface area contributed by atoms with Crippen molar-refractivity contribution >= 4 is 5.78 Å². The highest BCUT2D eigenvalue weighted by atomic mass is 16.5. The molecule has 0 amide bonds. The quantitative estimate of drug-likeness (QED) is 0.278. The fourth-order valence-corrected chi connectivity index (χ4v) is 2.72. The lowest BCUT2D eigenvalue weighted by atomic mass is 10.0. The number of carbonyl (C=O) groups excluding carboxylic acids is 1. The first kappa shape index (κ1) is 21.8. The fourth-order valence-electron chi connectivity index (χ4n) is 2.72. The first-order valence-electron chi connectivity index (χ1n) is 9.29. The highest BCUT2D eigenvalue weighted by Crippen LogP contribution is 2.31. The van der Waals surface area contributed by atoms with Gasteiger partial charge in [0.2, 0.25) is 0 Å². The van der Waals surface area contributed by atoms with Crippen LogP contribution < -0.4 is 5.56 Å². The smallest absolute Gasteiger partial charge is 0.297 e. The second-order valence-corrected chi connectivity index (χ2v) is 6.84. The van der Waals surface area contributed by atoms with Gasteiger partial charge in [-0.2, -0.15) is 4.73 Å². The number of carbonyl (C=O) groups is 1. The second-order valence-electron chi connectivity index (χ2n) is 6.84. The van der Waals surface area contributed by atoms with Crippen LogP contribution in [0.5, 0.6) is 11.5 Å². The van der Waals surface area contributed by atoms with E-state index in [1.165, 1.54) is 30.3 Å². The van der Waals surface area contributed by atoms with E-state index in [0.29, 0.717) is 11.5 Å². The zero-order chi connectivity index (χ0) is 21.6. The lowest BCUT2D eigenvalue weighted by Crippen LogP contribution is -2.24. The van der Waals surface area contributed by atoms with Crippen LogP contribution in [-0.2, 0) is 0 Å². The highest BCUT2D eigenvalue weighted by Gasteiger charge is 2.20. The molecule has 1 heterocycles. The number of nitrogens with zero attached hydrogens (tertiary/aromatic N) is 1. The molecule has 6 nitrogen and oxygen atoms in total. The van der Waals surface area contributed by atoms with Crippen LogP contribution in [0.15, 0.2) is 71.2 Å². The summed E-state index contributed by atoms with van der Waals surface area (Å²) in [6, 6.07) is 5.77. The molecule has 0 saturated heterocycles. The summed E-state index contributed by atoms with van der Waals surface area (Å²) in [5.41, 5.74) is 0.0102. The van der Waals surface area contributed by atoms with E-state index in [0.717, 1.165) is 24.3 Å². The number of hydrogen-bond acceptors (Lipinski definition) is 5. The van der Waals surface area contributed by atoms with Crippen LogP contribution in [0.3, 0.4) is 0 Å². The summed E-state index contributed by atoms with van der Waals surface area (Å²) in [6.45, 7) is 6.17. The molecule has 1 atom stereocenters. The van der Waals surface area contributed by atoms with Crippen molar-refractivity contribution in [1.82, 2.24) is 4.73 Å². The van der Waals surface area contributed by atoms with Gasteiger partial charge in [-0.1, -0.05) is 62.3 Å². The molecule has 0 aliphatic heterocycles. The summed E-state index contributed by atoms with van der Waals surface area (Å²) in [7, 11) is 0. The van der Waals surface area contributed by atoms with Gasteiger partial charge in [0.25, 0.3) is 5.56 Å². The molecule has 3 N–H and O–H groups in total. The van der Waals surface area contributed by atoms with Crippen molar-refractivity contribution < 1.29 is 20.2 Å². The van der Waals surface area contributed by atoms with E-state index in [1.54, 1.807) is 6.08 Å². The van der Waals surface area contributed by atoms with Crippen molar-refractivity contribution in [2.24, 2.45) is 5.92 Å². The van der Waals surface area contributed by atoms with Gasteiger partial charge in [0.05, 0.1) is 6.20 Å². The minimum absolute atomic E-state index is 0.0225. The number of aromatic nitrogens is 1. The summed E-state index contributed by atoms with van der Waals surface area (Å²) < 4.78 is 0.262. The highest BCUT2D eigenvalue weighted by molar-refractivity contribution is 6.07. The summed E-state index contributed by atoms with van der Waals surface area (Å²) in [4.78, 5) is 24.7. The van der Waals surface area contributed by atoms with Crippen LogP contribution in [0, 0.1) is 5.92 Å². The van der Waals surface area contributed by atoms with Gasteiger partial charge in [-0.25, -0.2) is 0 Å². The van der Waals surface area contributed by atoms with Gasteiger partial charge in [-0.3, -0.25) is 9.59 Å². The van der Waals surface area contributed by atoms with Crippen LogP contribution in [0.4, 0.5) is 0 Å². The summed E-state index contributed by atoms with van der Waals surface area (Å²) >= 11 is 0. The molecule has 0 aliphatic rings. The fraction of sp³-hybridized carbons (Fsp3) is 0.217. The molecule has 0 fully saturated rings. The van der Waals surface area contributed by atoms with E-state index >= 15 is 0 Å². The van der Waals surface area contributed by atoms with Crippen molar-refractivity contribution in [2.75, 3.05) is 0 Å². The molecule has 1 aromatic heterocycles. The molecule has 1 aromatic carbocycles. The maximum atomic E-state index is 12.5. The van der Waals surface area contributed by atoms with E-state index in [2.05, 4.69) is 19.9 Å². The van der Waals surface area contributed by atoms with Crippen LogP contribution in [0.25, 0.3) is 11.1 Å². The number of rotatable bonds is 7. The molecule has 0 spiro atoms. The van der Waals surface area contributed by atoms with Crippen LogP contribution in [-0.4, -0.2) is 25.9 Å². The minimum Gasteiger partial charge on any atom is -0.508 e. The lowest BCUT2D eigenvalue weighted by Gasteiger charge is -2.10. The molecule has 0 radical (unpaired) electrons. The third kappa shape index (κ3) is 5.48. The molecular formula is C23H25NO5.